The largest absolute Gasteiger partial charge is 0.406 e. The van der Waals surface area contributed by atoms with Gasteiger partial charge in [-0.1, -0.05) is 6.07 Å². The summed E-state index contributed by atoms with van der Waals surface area (Å²) in [5.74, 6) is -1.48. The van der Waals surface area contributed by atoms with Crippen molar-refractivity contribution in [3.63, 3.8) is 0 Å². The summed E-state index contributed by atoms with van der Waals surface area (Å²) in [6.07, 6.45) is -4.50. The minimum absolute atomic E-state index is 0.0706. The minimum atomic E-state index is -4.50. The molecule has 0 radical (unpaired) electrons. The van der Waals surface area contributed by atoms with E-state index in [4.69, 9.17) is 5.73 Å². The lowest BCUT2D eigenvalue weighted by Gasteiger charge is -2.18. The van der Waals surface area contributed by atoms with Gasteiger partial charge < -0.3 is 10.6 Å². The maximum Gasteiger partial charge on any atom is 0.406 e. The summed E-state index contributed by atoms with van der Waals surface area (Å²) < 4.78 is 50.8. The first-order valence-electron chi connectivity index (χ1n) is 5.49. The van der Waals surface area contributed by atoms with E-state index in [-0.39, 0.29) is 16.0 Å². The summed E-state index contributed by atoms with van der Waals surface area (Å²) in [5.41, 5.74) is 5.56. The van der Waals surface area contributed by atoms with Gasteiger partial charge in [0.25, 0.3) is 5.91 Å². The highest BCUT2D eigenvalue weighted by Gasteiger charge is 2.32. The number of fused-ring (bicyclic) bond motifs is 1. The van der Waals surface area contributed by atoms with E-state index in [2.05, 4.69) is 0 Å². The van der Waals surface area contributed by atoms with Crippen LogP contribution in [-0.4, -0.2) is 30.6 Å². The third kappa shape index (κ3) is 2.69. The van der Waals surface area contributed by atoms with Crippen LogP contribution in [0.1, 0.15) is 9.67 Å². The number of nitrogen functional groups attached to an aromatic ring is 1. The lowest BCUT2D eigenvalue weighted by molar-refractivity contribution is -0.138. The van der Waals surface area contributed by atoms with Crippen LogP contribution in [0.25, 0.3) is 10.1 Å². The van der Waals surface area contributed by atoms with Gasteiger partial charge >= 0.3 is 6.18 Å². The zero-order chi connectivity index (χ0) is 15.1. The van der Waals surface area contributed by atoms with Crippen LogP contribution in [0.5, 0.6) is 0 Å². The van der Waals surface area contributed by atoms with Crippen LogP contribution in [0.3, 0.4) is 0 Å². The first kappa shape index (κ1) is 14.6. The number of amides is 1. The first-order valence-corrected chi connectivity index (χ1v) is 6.31. The molecule has 2 N–H and O–H groups in total. The molecule has 2 aromatic rings. The molecule has 0 aliphatic rings. The Balaban J connectivity index is 2.41. The van der Waals surface area contributed by atoms with Gasteiger partial charge in [-0.3, -0.25) is 4.79 Å². The molecule has 0 fully saturated rings. The number of carbonyl (C=O) groups excluding carboxylic acids is 1. The molecule has 1 heterocycles. The molecule has 0 bridgehead atoms. The van der Waals surface area contributed by atoms with E-state index in [0.29, 0.717) is 9.60 Å². The van der Waals surface area contributed by atoms with Crippen molar-refractivity contribution < 1.29 is 22.4 Å². The topological polar surface area (TPSA) is 46.3 Å². The number of hydrogen-bond acceptors (Lipinski definition) is 3. The Labute approximate surface area is 115 Å². The zero-order valence-electron chi connectivity index (χ0n) is 10.3. The van der Waals surface area contributed by atoms with Crippen LogP contribution in [-0.2, 0) is 0 Å². The number of nitrogens with zero attached hydrogens (tertiary/aromatic N) is 1. The molecule has 8 heteroatoms. The van der Waals surface area contributed by atoms with Gasteiger partial charge in [-0.15, -0.1) is 11.3 Å². The van der Waals surface area contributed by atoms with Crippen molar-refractivity contribution in [3.05, 3.63) is 28.9 Å². The molecule has 0 aliphatic carbocycles. The van der Waals surface area contributed by atoms with Crippen LogP contribution in [0.15, 0.2) is 18.2 Å². The van der Waals surface area contributed by atoms with Gasteiger partial charge in [0, 0.05) is 11.7 Å². The van der Waals surface area contributed by atoms with Crippen molar-refractivity contribution in [2.75, 3.05) is 19.3 Å². The van der Waals surface area contributed by atoms with Gasteiger partial charge in [-0.25, -0.2) is 4.39 Å². The Morgan fingerprint density at radius 3 is 2.60 bits per heavy atom. The number of nitrogens with two attached hydrogens (primary N) is 1. The second-order valence-electron chi connectivity index (χ2n) is 4.23. The summed E-state index contributed by atoms with van der Waals surface area (Å²) in [6.45, 7) is -1.39. The van der Waals surface area contributed by atoms with Gasteiger partial charge in [-0.2, -0.15) is 13.2 Å². The number of rotatable bonds is 2. The maximum absolute atomic E-state index is 13.6. The third-order valence-corrected chi connectivity index (χ3v) is 3.82. The standard InChI is InChI=1S/C12H10F4N2OS/c1-18(5-12(14,15)16)11(19)10-9(17)8-6(13)3-2-4-7(8)20-10/h2-4H,5,17H2,1H3. The Hall–Kier alpha value is -1.83. The molecule has 0 aliphatic heterocycles. The minimum Gasteiger partial charge on any atom is -0.397 e. The van der Waals surface area contributed by atoms with Crippen molar-refractivity contribution in [1.29, 1.82) is 0 Å². The molecule has 0 saturated heterocycles. The van der Waals surface area contributed by atoms with E-state index in [9.17, 15) is 22.4 Å². The van der Waals surface area contributed by atoms with Crippen molar-refractivity contribution >= 4 is 33.0 Å². The fraction of sp³-hybridized carbons (Fsp3) is 0.250. The molecule has 1 aromatic carbocycles. The van der Waals surface area contributed by atoms with Crippen LogP contribution < -0.4 is 5.73 Å². The second-order valence-corrected chi connectivity index (χ2v) is 5.29. The summed E-state index contributed by atoms with van der Waals surface area (Å²) in [6, 6.07) is 4.18. The maximum atomic E-state index is 13.6. The van der Waals surface area contributed by atoms with Crippen molar-refractivity contribution in [2.45, 2.75) is 6.18 Å². The highest BCUT2D eigenvalue weighted by atomic mass is 32.1. The molecule has 0 spiro atoms. The summed E-state index contributed by atoms with van der Waals surface area (Å²) in [5, 5.41) is 0.0706. The molecule has 20 heavy (non-hydrogen) atoms. The van der Waals surface area contributed by atoms with E-state index in [1.54, 1.807) is 6.07 Å². The Kier molecular flexibility index (Phi) is 3.59. The Bertz CT molecular complexity index is 665. The molecule has 2 rings (SSSR count). The third-order valence-electron chi connectivity index (χ3n) is 2.66. The van der Waals surface area contributed by atoms with Crippen LogP contribution in [0.4, 0.5) is 23.2 Å². The van der Waals surface area contributed by atoms with Gasteiger partial charge in [0.2, 0.25) is 0 Å². The number of benzene rings is 1. The number of anilines is 1. The molecule has 0 saturated carbocycles. The molecular formula is C12H10F4N2OS. The second kappa shape index (κ2) is 4.93. The van der Waals surface area contributed by atoms with Crippen LogP contribution in [0, 0.1) is 5.82 Å². The highest BCUT2D eigenvalue weighted by molar-refractivity contribution is 7.21. The lowest BCUT2D eigenvalue weighted by Crippen LogP contribution is -2.35. The van der Waals surface area contributed by atoms with E-state index in [1.165, 1.54) is 12.1 Å². The number of thiophene rings is 1. The van der Waals surface area contributed by atoms with E-state index >= 15 is 0 Å². The predicted octanol–water partition coefficient (Wildman–Crippen LogP) is 3.26. The van der Waals surface area contributed by atoms with Crippen LogP contribution in [0.2, 0.25) is 0 Å². The van der Waals surface area contributed by atoms with E-state index in [0.717, 1.165) is 18.4 Å². The van der Waals surface area contributed by atoms with Crippen molar-refractivity contribution in [1.82, 2.24) is 4.90 Å². The monoisotopic (exact) mass is 306 g/mol. The SMILES string of the molecule is CN(CC(F)(F)F)C(=O)c1sc2cccc(F)c2c1N. The molecule has 1 aromatic heterocycles. The van der Waals surface area contributed by atoms with Gasteiger partial charge in [0.05, 0.1) is 11.1 Å². The van der Waals surface area contributed by atoms with Crippen LogP contribution >= 0.6 is 11.3 Å². The Morgan fingerprint density at radius 1 is 1.40 bits per heavy atom. The number of halogens is 4. The number of alkyl halides is 3. The molecule has 3 nitrogen and oxygen atoms in total. The quantitative estimate of drug-likeness (QED) is 0.866. The highest BCUT2D eigenvalue weighted by Crippen LogP contribution is 2.36. The average molecular weight is 306 g/mol. The van der Waals surface area contributed by atoms with E-state index < -0.39 is 24.4 Å². The summed E-state index contributed by atoms with van der Waals surface area (Å²) >= 11 is 0.877. The fourth-order valence-electron chi connectivity index (χ4n) is 1.80. The molecular weight excluding hydrogens is 296 g/mol. The zero-order valence-corrected chi connectivity index (χ0v) is 11.1. The van der Waals surface area contributed by atoms with Crippen molar-refractivity contribution in [2.24, 2.45) is 0 Å². The summed E-state index contributed by atoms with van der Waals surface area (Å²) in [4.78, 5) is 12.4. The average Bonchev–Trinajstić information content (AvgIpc) is 2.65. The summed E-state index contributed by atoms with van der Waals surface area (Å²) in [7, 11) is 1.02. The molecule has 0 atom stereocenters. The van der Waals surface area contributed by atoms with Gasteiger partial charge in [0.1, 0.15) is 17.2 Å². The first-order chi connectivity index (χ1) is 9.20. The van der Waals surface area contributed by atoms with E-state index in [1.807, 2.05) is 0 Å². The van der Waals surface area contributed by atoms with Gasteiger partial charge in [0.15, 0.2) is 0 Å². The molecule has 1 amide bonds. The Morgan fingerprint density at radius 2 is 2.05 bits per heavy atom. The lowest BCUT2D eigenvalue weighted by atomic mass is 10.2. The fourth-order valence-corrected chi connectivity index (χ4v) is 2.93. The predicted molar refractivity (Wildman–Crippen MR) is 69.2 cm³/mol. The van der Waals surface area contributed by atoms with Gasteiger partial charge in [-0.05, 0) is 12.1 Å². The van der Waals surface area contributed by atoms with Crippen molar-refractivity contribution in [3.8, 4) is 0 Å². The number of carbonyl (C=O) groups is 1. The smallest absolute Gasteiger partial charge is 0.397 e. The molecule has 0 unspecified atom stereocenters. The normalized spacial score (nSPS) is 11.8. The molecule has 108 valence electrons. The number of hydrogen-bond donors (Lipinski definition) is 1.